The van der Waals surface area contributed by atoms with Crippen LogP contribution in [0.25, 0.3) is 32.9 Å². The van der Waals surface area contributed by atoms with Gasteiger partial charge in [-0.15, -0.1) is 11.3 Å². The zero-order valence-corrected chi connectivity index (χ0v) is 23.6. The van der Waals surface area contributed by atoms with Gasteiger partial charge in [0, 0.05) is 69.7 Å². The van der Waals surface area contributed by atoms with Gasteiger partial charge in [0.15, 0.2) is 5.82 Å². The Morgan fingerprint density at radius 1 is 1.05 bits per heavy atom. The van der Waals surface area contributed by atoms with Gasteiger partial charge in [0.1, 0.15) is 27.9 Å². The largest absolute Gasteiger partial charge is 0.477 e. The zero-order chi connectivity index (χ0) is 27.2. The van der Waals surface area contributed by atoms with Crippen LogP contribution in [0.15, 0.2) is 36.9 Å². The molecule has 2 aliphatic heterocycles. The van der Waals surface area contributed by atoms with Gasteiger partial charge < -0.3 is 15.0 Å². The van der Waals surface area contributed by atoms with E-state index in [2.05, 4.69) is 43.9 Å². The van der Waals surface area contributed by atoms with E-state index >= 15 is 0 Å². The van der Waals surface area contributed by atoms with E-state index in [1.807, 2.05) is 31.6 Å². The highest BCUT2D eigenvalue weighted by molar-refractivity contribution is 7.15. The molecule has 0 unspecified atom stereocenters. The van der Waals surface area contributed by atoms with Crippen LogP contribution in [0.2, 0.25) is 0 Å². The highest BCUT2D eigenvalue weighted by Crippen LogP contribution is 2.35. The maximum Gasteiger partial charge on any atom is 0.222 e. The summed E-state index contributed by atoms with van der Waals surface area (Å²) in [6.45, 7) is 7.85. The number of pyridine rings is 1. The second-order valence-corrected chi connectivity index (χ2v) is 11.6. The van der Waals surface area contributed by atoms with Crippen LogP contribution < -0.4 is 10.1 Å². The summed E-state index contributed by atoms with van der Waals surface area (Å²) in [5.41, 5.74) is 2.66. The smallest absolute Gasteiger partial charge is 0.222 e. The van der Waals surface area contributed by atoms with Crippen molar-refractivity contribution in [3.05, 3.63) is 41.9 Å². The monoisotopic (exact) mass is 557 g/mol. The van der Waals surface area contributed by atoms with Gasteiger partial charge in [-0.3, -0.25) is 9.58 Å². The molecule has 1 N–H and O–H groups in total. The molecule has 0 spiro atoms. The summed E-state index contributed by atoms with van der Waals surface area (Å²) in [4.78, 5) is 24.6. The van der Waals surface area contributed by atoms with Gasteiger partial charge in [0.25, 0.3) is 0 Å². The first-order valence-electron chi connectivity index (χ1n) is 13.5. The fourth-order valence-electron chi connectivity index (χ4n) is 5.20. The molecule has 2 aliphatic rings. The van der Waals surface area contributed by atoms with Crippen LogP contribution in [0.5, 0.6) is 5.88 Å². The lowest BCUT2D eigenvalue weighted by molar-refractivity contribution is 0.148. The number of anilines is 2. The van der Waals surface area contributed by atoms with Gasteiger partial charge in [-0.1, -0.05) is 0 Å². The Hall–Kier alpha value is -3.94. The first kappa shape index (κ1) is 25.1. The molecule has 0 aromatic carbocycles. The van der Waals surface area contributed by atoms with Crippen molar-refractivity contribution in [2.45, 2.75) is 25.9 Å². The lowest BCUT2D eigenvalue weighted by Gasteiger charge is -2.31. The minimum absolute atomic E-state index is 0.0814. The van der Waals surface area contributed by atoms with E-state index in [9.17, 15) is 0 Å². The summed E-state index contributed by atoms with van der Waals surface area (Å²) in [5.74, 6) is 2.52. The average Bonchev–Trinajstić information content (AvgIpc) is 3.67. The van der Waals surface area contributed by atoms with E-state index in [1.54, 1.807) is 28.4 Å². The van der Waals surface area contributed by atoms with Gasteiger partial charge in [-0.25, -0.2) is 24.6 Å². The molecule has 40 heavy (non-hydrogen) atoms. The lowest BCUT2D eigenvalue weighted by Crippen LogP contribution is -2.43. The second kappa shape index (κ2) is 10.2. The third kappa shape index (κ3) is 4.69. The molecule has 0 amide bonds. The molecule has 1 saturated heterocycles. The molecule has 206 valence electrons. The number of thiazole rings is 1. The molecule has 0 saturated carbocycles. The van der Waals surface area contributed by atoms with Crippen LogP contribution in [0.1, 0.15) is 24.4 Å². The molecule has 7 heterocycles. The van der Waals surface area contributed by atoms with Crippen molar-refractivity contribution >= 4 is 33.9 Å². The third-order valence-electron chi connectivity index (χ3n) is 7.56. The molecule has 1 fully saturated rings. The van der Waals surface area contributed by atoms with Crippen LogP contribution in [0.4, 0.5) is 11.6 Å². The number of nitrogens with one attached hydrogen (secondary N) is 1. The van der Waals surface area contributed by atoms with Crippen LogP contribution in [0.3, 0.4) is 0 Å². The number of likely N-dealkylation sites (N-methyl/N-ethyl adjacent to an activating group) is 1. The predicted octanol–water partition coefficient (Wildman–Crippen LogP) is 3.58. The molecular formula is C27H31N11OS. The van der Waals surface area contributed by atoms with Crippen molar-refractivity contribution < 1.29 is 4.74 Å². The first-order valence-corrected chi connectivity index (χ1v) is 14.3. The SMILES string of the molecule is C[C@H]1CCOc2c(cnn2C)-c2nccc(n2)Nc2cc3c(cn2)c(-c2cnc(CN4CCN(C)CC4)s2)nn31. The fraction of sp³-hybridized carbons (Fsp3) is 0.407. The molecule has 12 nitrogen and oxygen atoms in total. The van der Waals surface area contributed by atoms with Crippen molar-refractivity contribution in [3.63, 3.8) is 0 Å². The van der Waals surface area contributed by atoms with Crippen LogP contribution >= 0.6 is 11.3 Å². The molecule has 13 heteroatoms. The molecular weight excluding hydrogens is 526 g/mol. The van der Waals surface area contributed by atoms with Crippen molar-refractivity contribution in [2.24, 2.45) is 7.05 Å². The Bertz CT molecular complexity index is 1670. The quantitative estimate of drug-likeness (QED) is 0.353. The van der Waals surface area contributed by atoms with Gasteiger partial charge in [-0.2, -0.15) is 10.2 Å². The van der Waals surface area contributed by atoms with E-state index < -0.39 is 0 Å². The number of ether oxygens (including phenoxy) is 1. The molecule has 0 aliphatic carbocycles. The Kier molecular flexibility index (Phi) is 6.41. The number of hydrogen-bond acceptors (Lipinski definition) is 11. The zero-order valence-electron chi connectivity index (χ0n) is 22.8. The van der Waals surface area contributed by atoms with Crippen molar-refractivity contribution in [2.75, 3.05) is 45.2 Å². The number of fused-ring (bicyclic) bond motifs is 5. The maximum atomic E-state index is 6.23. The van der Waals surface area contributed by atoms with E-state index in [4.69, 9.17) is 24.8 Å². The van der Waals surface area contributed by atoms with Crippen molar-refractivity contribution in [1.29, 1.82) is 0 Å². The standard InChI is InChI=1S/C27H31N11OS/c1-17-5-11-39-27-19(14-31-36(27)3)26-28-6-4-22(33-26)32-23-12-20-18(13-29-23)25(34-38(17)20)21-15-30-24(40-21)16-37-9-7-35(2)8-10-37/h4,6,12-15,17H,5,7-11,16H2,1-3H3,(H,28,29,32,33)/t17-/m0/s1. The average molecular weight is 558 g/mol. The topological polar surface area (TPSA) is 115 Å². The Balaban J connectivity index is 1.25. The summed E-state index contributed by atoms with van der Waals surface area (Å²) in [6.07, 6.45) is 8.06. The number of aromatic nitrogens is 8. The second-order valence-electron chi connectivity index (χ2n) is 10.4. The van der Waals surface area contributed by atoms with Gasteiger partial charge >= 0.3 is 0 Å². The Labute approximate surface area is 235 Å². The molecule has 5 aromatic rings. The minimum atomic E-state index is 0.0814. The first-order chi connectivity index (χ1) is 19.5. The third-order valence-corrected chi connectivity index (χ3v) is 8.55. The van der Waals surface area contributed by atoms with E-state index in [0.29, 0.717) is 29.9 Å². The fourth-order valence-corrected chi connectivity index (χ4v) is 6.16. The minimum Gasteiger partial charge on any atom is -0.477 e. The van der Waals surface area contributed by atoms with Gasteiger partial charge in [-0.05, 0) is 20.0 Å². The molecule has 4 bridgehead atoms. The summed E-state index contributed by atoms with van der Waals surface area (Å²) in [5, 5.41) is 15.0. The number of hydrogen-bond donors (Lipinski definition) is 1. The normalized spacial score (nSPS) is 18.3. The highest BCUT2D eigenvalue weighted by Gasteiger charge is 2.22. The molecule has 0 radical (unpaired) electrons. The van der Waals surface area contributed by atoms with Crippen molar-refractivity contribution in [1.82, 2.24) is 49.3 Å². The summed E-state index contributed by atoms with van der Waals surface area (Å²) in [6, 6.07) is 3.94. The number of piperazine rings is 1. The van der Waals surface area contributed by atoms with Gasteiger partial charge in [0.05, 0.1) is 35.8 Å². The molecule has 7 rings (SSSR count). The van der Waals surface area contributed by atoms with Crippen LogP contribution in [-0.4, -0.2) is 89.1 Å². The number of aryl methyl sites for hydroxylation is 1. The van der Waals surface area contributed by atoms with E-state index in [1.165, 1.54) is 0 Å². The van der Waals surface area contributed by atoms with Crippen molar-refractivity contribution in [3.8, 4) is 27.8 Å². The maximum absolute atomic E-state index is 6.23. The van der Waals surface area contributed by atoms with E-state index in [0.717, 1.165) is 71.2 Å². The van der Waals surface area contributed by atoms with Gasteiger partial charge in [0.2, 0.25) is 5.88 Å². The van der Waals surface area contributed by atoms with E-state index in [-0.39, 0.29) is 6.04 Å². The highest BCUT2D eigenvalue weighted by atomic mass is 32.1. The number of nitrogens with zero attached hydrogens (tertiary/aromatic N) is 10. The summed E-state index contributed by atoms with van der Waals surface area (Å²) >= 11 is 1.71. The predicted molar refractivity (Wildman–Crippen MR) is 154 cm³/mol. The van der Waals surface area contributed by atoms with Crippen LogP contribution in [-0.2, 0) is 13.6 Å². The number of rotatable bonds is 3. The summed E-state index contributed by atoms with van der Waals surface area (Å²) in [7, 11) is 4.04. The lowest BCUT2D eigenvalue weighted by atomic mass is 10.2. The molecule has 5 aromatic heterocycles. The molecule has 1 atom stereocenters. The summed E-state index contributed by atoms with van der Waals surface area (Å²) < 4.78 is 10.0. The Morgan fingerprint density at radius 2 is 1.93 bits per heavy atom. The van der Waals surface area contributed by atoms with Crippen LogP contribution in [0, 0.1) is 0 Å². The Morgan fingerprint density at radius 3 is 2.80 bits per heavy atom.